The largest absolute Gasteiger partial charge is 0.303 e. The van der Waals surface area contributed by atoms with Gasteiger partial charge in [0.15, 0.2) is 0 Å². The SMILES string of the molecule is CC(C)c1ccc(CN(CC[C@@H]2CCCN2C)Cc2ccc(Cl)cc2)cc1. The van der Waals surface area contributed by atoms with Crippen molar-refractivity contribution in [1.29, 1.82) is 0 Å². The monoisotopic (exact) mass is 384 g/mol. The van der Waals surface area contributed by atoms with Crippen molar-refractivity contribution in [2.24, 2.45) is 0 Å². The first kappa shape index (κ1) is 20.4. The Bertz CT molecular complexity index is 693. The predicted octanol–water partition coefficient (Wildman–Crippen LogP) is 5.95. The molecule has 0 spiro atoms. The molecule has 3 heteroatoms. The van der Waals surface area contributed by atoms with Gasteiger partial charge in [-0.2, -0.15) is 0 Å². The van der Waals surface area contributed by atoms with Crippen LogP contribution in [0.4, 0.5) is 0 Å². The van der Waals surface area contributed by atoms with Gasteiger partial charge in [0.1, 0.15) is 0 Å². The smallest absolute Gasteiger partial charge is 0.0406 e. The van der Waals surface area contributed by atoms with E-state index in [0.717, 1.165) is 30.7 Å². The summed E-state index contributed by atoms with van der Waals surface area (Å²) >= 11 is 6.06. The van der Waals surface area contributed by atoms with Crippen LogP contribution in [0.15, 0.2) is 48.5 Å². The molecule has 0 aliphatic carbocycles. The maximum atomic E-state index is 6.06. The van der Waals surface area contributed by atoms with Crippen LogP contribution < -0.4 is 0 Å². The predicted molar refractivity (Wildman–Crippen MR) is 116 cm³/mol. The van der Waals surface area contributed by atoms with E-state index < -0.39 is 0 Å². The summed E-state index contributed by atoms with van der Waals surface area (Å²) < 4.78 is 0. The maximum Gasteiger partial charge on any atom is 0.0406 e. The van der Waals surface area contributed by atoms with Crippen LogP contribution in [0.1, 0.15) is 55.7 Å². The molecule has 0 bridgehead atoms. The quantitative estimate of drug-likeness (QED) is 0.554. The molecule has 2 nitrogen and oxygen atoms in total. The molecule has 1 heterocycles. The number of nitrogens with zero attached hydrogens (tertiary/aromatic N) is 2. The summed E-state index contributed by atoms with van der Waals surface area (Å²) in [5.41, 5.74) is 4.14. The summed E-state index contributed by atoms with van der Waals surface area (Å²) in [7, 11) is 2.27. The Labute approximate surface area is 170 Å². The molecule has 3 rings (SSSR count). The molecule has 146 valence electrons. The highest BCUT2D eigenvalue weighted by atomic mass is 35.5. The van der Waals surface area contributed by atoms with E-state index in [1.807, 2.05) is 12.1 Å². The third-order valence-electron chi connectivity index (χ3n) is 5.82. The van der Waals surface area contributed by atoms with Crippen molar-refractivity contribution in [3.05, 3.63) is 70.2 Å². The molecule has 27 heavy (non-hydrogen) atoms. The van der Waals surface area contributed by atoms with Gasteiger partial charge in [-0.3, -0.25) is 4.90 Å². The standard InChI is InChI=1S/C24H33ClN2/c1-19(2)22-10-6-20(7-11-22)17-27(16-14-24-5-4-15-26(24)3)18-21-8-12-23(25)13-9-21/h6-13,19,24H,4-5,14-18H2,1-3H3/t24-/m0/s1. The lowest BCUT2D eigenvalue weighted by molar-refractivity contribution is 0.211. The molecule has 0 amide bonds. The zero-order valence-corrected chi connectivity index (χ0v) is 17.8. The maximum absolute atomic E-state index is 6.06. The molecule has 0 unspecified atom stereocenters. The third kappa shape index (κ3) is 6.07. The molecule has 2 aromatic carbocycles. The Morgan fingerprint density at radius 2 is 1.59 bits per heavy atom. The second kappa shape index (κ2) is 9.73. The van der Waals surface area contributed by atoms with Crippen LogP contribution >= 0.6 is 11.6 Å². The van der Waals surface area contributed by atoms with E-state index in [0.29, 0.717) is 5.92 Å². The lowest BCUT2D eigenvalue weighted by atomic mass is 10.0. The van der Waals surface area contributed by atoms with Crippen molar-refractivity contribution < 1.29 is 0 Å². The van der Waals surface area contributed by atoms with E-state index in [1.165, 1.54) is 42.5 Å². The van der Waals surface area contributed by atoms with Gasteiger partial charge in [-0.15, -0.1) is 0 Å². The fourth-order valence-electron chi connectivity index (χ4n) is 4.00. The van der Waals surface area contributed by atoms with Crippen LogP contribution in [-0.2, 0) is 13.1 Å². The zero-order chi connectivity index (χ0) is 19.2. The first-order valence-electron chi connectivity index (χ1n) is 10.3. The summed E-state index contributed by atoms with van der Waals surface area (Å²) in [5.74, 6) is 0.585. The lowest BCUT2D eigenvalue weighted by Crippen LogP contribution is -2.31. The molecule has 0 aromatic heterocycles. The van der Waals surface area contributed by atoms with Gasteiger partial charge in [-0.25, -0.2) is 0 Å². The molecular formula is C24H33ClN2. The molecule has 0 N–H and O–H groups in total. The minimum atomic E-state index is 0.585. The van der Waals surface area contributed by atoms with Gasteiger partial charge in [-0.1, -0.05) is 61.8 Å². The van der Waals surface area contributed by atoms with Crippen LogP contribution in [0, 0.1) is 0 Å². The van der Waals surface area contributed by atoms with Crippen LogP contribution in [0.2, 0.25) is 5.02 Å². The molecule has 2 aromatic rings. The van der Waals surface area contributed by atoms with Gasteiger partial charge < -0.3 is 4.90 Å². The lowest BCUT2D eigenvalue weighted by Gasteiger charge is -2.26. The van der Waals surface area contributed by atoms with Gasteiger partial charge in [0.05, 0.1) is 0 Å². The fourth-order valence-corrected chi connectivity index (χ4v) is 4.13. The average Bonchev–Trinajstić information content (AvgIpc) is 3.07. The summed E-state index contributed by atoms with van der Waals surface area (Å²) in [6.45, 7) is 8.85. The van der Waals surface area contributed by atoms with Crippen LogP contribution in [0.3, 0.4) is 0 Å². The van der Waals surface area contributed by atoms with Crippen molar-refractivity contribution >= 4 is 11.6 Å². The average molecular weight is 385 g/mol. The molecule has 1 fully saturated rings. The highest BCUT2D eigenvalue weighted by Crippen LogP contribution is 2.21. The van der Waals surface area contributed by atoms with Crippen molar-refractivity contribution in [3.63, 3.8) is 0 Å². The number of hydrogen-bond donors (Lipinski definition) is 0. The van der Waals surface area contributed by atoms with Crippen LogP contribution in [-0.4, -0.2) is 36.0 Å². The van der Waals surface area contributed by atoms with Gasteiger partial charge in [-0.05, 0) is 67.6 Å². The van der Waals surface area contributed by atoms with Crippen molar-refractivity contribution in [2.75, 3.05) is 20.1 Å². The number of halogens is 1. The third-order valence-corrected chi connectivity index (χ3v) is 6.07. The topological polar surface area (TPSA) is 6.48 Å². The first-order chi connectivity index (χ1) is 13.0. The highest BCUT2D eigenvalue weighted by Gasteiger charge is 2.21. The van der Waals surface area contributed by atoms with Crippen molar-refractivity contribution in [2.45, 2.75) is 58.2 Å². The molecule has 0 radical (unpaired) electrons. The van der Waals surface area contributed by atoms with Gasteiger partial charge in [0, 0.05) is 30.7 Å². The Kier molecular flexibility index (Phi) is 7.34. The van der Waals surface area contributed by atoms with E-state index in [9.17, 15) is 0 Å². The zero-order valence-electron chi connectivity index (χ0n) is 17.0. The van der Waals surface area contributed by atoms with Crippen molar-refractivity contribution in [1.82, 2.24) is 9.80 Å². The number of hydrogen-bond acceptors (Lipinski definition) is 2. The van der Waals surface area contributed by atoms with E-state index in [-0.39, 0.29) is 0 Å². The molecule has 1 aliphatic heterocycles. The number of benzene rings is 2. The van der Waals surface area contributed by atoms with Crippen molar-refractivity contribution in [3.8, 4) is 0 Å². The van der Waals surface area contributed by atoms with Gasteiger partial charge in [0.2, 0.25) is 0 Å². The fraction of sp³-hybridized carbons (Fsp3) is 0.500. The molecule has 1 saturated heterocycles. The van der Waals surface area contributed by atoms with Crippen LogP contribution in [0.25, 0.3) is 0 Å². The summed E-state index contributed by atoms with van der Waals surface area (Å²) in [5, 5.41) is 0.808. The number of likely N-dealkylation sites (tertiary alicyclic amines) is 1. The first-order valence-corrected chi connectivity index (χ1v) is 10.6. The molecular weight excluding hydrogens is 352 g/mol. The van der Waals surface area contributed by atoms with E-state index in [4.69, 9.17) is 11.6 Å². The minimum absolute atomic E-state index is 0.585. The minimum Gasteiger partial charge on any atom is -0.303 e. The molecule has 0 saturated carbocycles. The molecule has 1 aliphatic rings. The van der Waals surface area contributed by atoms with Gasteiger partial charge in [0.25, 0.3) is 0 Å². The molecule has 1 atom stereocenters. The Balaban J connectivity index is 1.66. The Hall–Kier alpha value is -1.35. The second-order valence-corrected chi connectivity index (χ2v) is 8.74. The number of rotatable bonds is 8. The summed E-state index contributed by atoms with van der Waals surface area (Å²) in [6.07, 6.45) is 3.93. The summed E-state index contributed by atoms with van der Waals surface area (Å²) in [6, 6.07) is 18.2. The summed E-state index contributed by atoms with van der Waals surface area (Å²) in [4.78, 5) is 5.11. The van der Waals surface area contributed by atoms with Crippen LogP contribution in [0.5, 0.6) is 0 Å². The highest BCUT2D eigenvalue weighted by molar-refractivity contribution is 6.30. The Morgan fingerprint density at radius 3 is 2.11 bits per heavy atom. The normalized spacial score (nSPS) is 17.9. The Morgan fingerprint density at radius 1 is 1.00 bits per heavy atom. The van der Waals surface area contributed by atoms with E-state index >= 15 is 0 Å². The van der Waals surface area contributed by atoms with E-state index in [1.54, 1.807) is 0 Å². The van der Waals surface area contributed by atoms with E-state index in [2.05, 4.69) is 67.1 Å². The van der Waals surface area contributed by atoms with Gasteiger partial charge >= 0.3 is 0 Å². The second-order valence-electron chi connectivity index (χ2n) is 8.30.